The van der Waals surface area contributed by atoms with E-state index in [9.17, 15) is 4.79 Å². The van der Waals surface area contributed by atoms with Gasteiger partial charge in [0.1, 0.15) is 30.2 Å². The van der Waals surface area contributed by atoms with E-state index in [1.807, 2.05) is 84.9 Å². The van der Waals surface area contributed by atoms with Gasteiger partial charge in [-0.2, -0.15) is 5.26 Å². The molecular formula is C30H26N4O3. The zero-order valence-electron chi connectivity index (χ0n) is 20.4. The summed E-state index contributed by atoms with van der Waals surface area (Å²) in [5, 5.41) is 8.94. The summed E-state index contributed by atoms with van der Waals surface area (Å²) in [5.74, 6) is 0.599. The Bertz CT molecular complexity index is 1410. The normalized spacial score (nSPS) is 11.8. The van der Waals surface area contributed by atoms with E-state index >= 15 is 0 Å². The molecule has 0 amide bonds. The summed E-state index contributed by atoms with van der Waals surface area (Å²) in [6.07, 6.45) is 1.56. The second-order valence-corrected chi connectivity index (χ2v) is 8.31. The summed E-state index contributed by atoms with van der Waals surface area (Å²) >= 11 is 0. The van der Waals surface area contributed by atoms with Crippen LogP contribution in [0, 0.1) is 11.3 Å². The third-order valence-corrected chi connectivity index (χ3v) is 5.72. The van der Waals surface area contributed by atoms with Crippen molar-refractivity contribution in [1.82, 2.24) is 4.98 Å². The lowest BCUT2D eigenvalue weighted by Crippen LogP contribution is -2.16. The van der Waals surface area contributed by atoms with Crippen molar-refractivity contribution in [2.75, 3.05) is 7.11 Å². The Morgan fingerprint density at radius 3 is 2.41 bits per heavy atom. The van der Waals surface area contributed by atoms with Gasteiger partial charge in [-0.1, -0.05) is 66.7 Å². The molecule has 3 aromatic carbocycles. The van der Waals surface area contributed by atoms with Crippen LogP contribution < -0.4 is 10.5 Å². The van der Waals surface area contributed by atoms with Crippen molar-refractivity contribution in [2.24, 2.45) is 10.7 Å². The monoisotopic (exact) mass is 490 g/mol. The Balaban J connectivity index is 1.53. The predicted octanol–water partition coefficient (Wildman–Crippen LogP) is 5.01. The molecule has 2 N–H and O–H groups in total. The second-order valence-electron chi connectivity index (χ2n) is 8.31. The van der Waals surface area contributed by atoms with E-state index in [-0.39, 0.29) is 18.2 Å². The number of nitrogens with two attached hydrogens (primary N) is 1. The SMILES string of the molecule is COC(N)=NC(c1ccc(OCc2ccccc2)cc1)c1cccc(CC(=O)c2ccc(C#N)cn2)c1. The van der Waals surface area contributed by atoms with Gasteiger partial charge in [0.2, 0.25) is 0 Å². The zero-order valence-corrected chi connectivity index (χ0v) is 20.4. The average molecular weight is 491 g/mol. The standard InChI is InChI=1S/C30H26N4O3/c1-36-30(32)34-29(24-11-13-26(14-12-24)37-20-21-6-3-2-4-7-21)25-9-5-8-22(16-25)17-28(35)27-15-10-23(18-31)19-33-27/h2-16,19,29H,17,20H2,1H3,(H2,32,34). The van der Waals surface area contributed by atoms with E-state index in [1.54, 1.807) is 12.1 Å². The fourth-order valence-electron chi connectivity index (χ4n) is 3.78. The van der Waals surface area contributed by atoms with Crippen LogP contribution in [0.15, 0.2) is 102 Å². The molecule has 0 saturated carbocycles. The van der Waals surface area contributed by atoms with E-state index in [2.05, 4.69) is 9.98 Å². The van der Waals surface area contributed by atoms with Crippen LogP contribution in [0.3, 0.4) is 0 Å². The Morgan fingerprint density at radius 2 is 1.73 bits per heavy atom. The van der Waals surface area contributed by atoms with Gasteiger partial charge in [-0.3, -0.25) is 9.78 Å². The van der Waals surface area contributed by atoms with Crippen molar-refractivity contribution in [3.8, 4) is 11.8 Å². The summed E-state index contributed by atoms with van der Waals surface area (Å²) in [6.45, 7) is 0.475. The molecule has 0 aliphatic heterocycles. The number of amidine groups is 1. The summed E-state index contributed by atoms with van der Waals surface area (Å²) in [5.41, 5.74) is 10.3. The first kappa shape index (κ1) is 25.1. The van der Waals surface area contributed by atoms with Crippen LogP contribution in [0.2, 0.25) is 0 Å². The fraction of sp³-hybridized carbons (Fsp3) is 0.133. The molecule has 7 nitrogen and oxygen atoms in total. The molecule has 1 unspecified atom stereocenters. The molecule has 7 heteroatoms. The van der Waals surface area contributed by atoms with Gasteiger partial charge in [0.15, 0.2) is 5.78 Å². The predicted molar refractivity (Wildman–Crippen MR) is 141 cm³/mol. The number of pyridine rings is 1. The lowest BCUT2D eigenvalue weighted by atomic mass is 9.96. The molecule has 0 spiro atoms. The van der Waals surface area contributed by atoms with Crippen molar-refractivity contribution in [3.63, 3.8) is 0 Å². The number of Topliss-reactive ketones (excluding diaryl/α,β-unsaturated/α-hetero) is 1. The molecular weight excluding hydrogens is 464 g/mol. The van der Waals surface area contributed by atoms with E-state index in [1.165, 1.54) is 13.3 Å². The molecule has 37 heavy (non-hydrogen) atoms. The summed E-state index contributed by atoms with van der Waals surface area (Å²) < 4.78 is 11.0. The van der Waals surface area contributed by atoms with Gasteiger partial charge >= 0.3 is 0 Å². The van der Waals surface area contributed by atoms with Gasteiger partial charge in [0.05, 0.1) is 12.7 Å². The number of nitriles is 1. The van der Waals surface area contributed by atoms with Gasteiger partial charge in [0.25, 0.3) is 6.02 Å². The van der Waals surface area contributed by atoms with Crippen LogP contribution in [-0.2, 0) is 17.8 Å². The smallest absolute Gasteiger partial charge is 0.282 e. The van der Waals surface area contributed by atoms with Crippen molar-refractivity contribution in [3.05, 3.63) is 131 Å². The van der Waals surface area contributed by atoms with E-state index < -0.39 is 6.04 Å². The lowest BCUT2D eigenvalue weighted by molar-refractivity contribution is 0.0988. The molecule has 0 aliphatic rings. The maximum Gasteiger partial charge on any atom is 0.282 e. The van der Waals surface area contributed by atoms with E-state index in [0.29, 0.717) is 17.9 Å². The summed E-state index contributed by atoms with van der Waals surface area (Å²) in [4.78, 5) is 21.4. The van der Waals surface area contributed by atoms with E-state index in [4.69, 9.17) is 20.5 Å². The molecule has 0 radical (unpaired) electrons. The van der Waals surface area contributed by atoms with Gasteiger partial charge in [-0.25, -0.2) is 4.99 Å². The Hall–Kier alpha value is -4.96. The van der Waals surface area contributed by atoms with Crippen LogP contribution >= 0.6 is 0 Å². The zero-order chi connectivity index (χ0) is 26.0. The minimum Gasteiger partial charge on any atom is -0.489 e. The minimum absolute atomic E-state index is 0.0534. The number of nitrogens with zero attached hydrogens (tertiary/aromatic N) is 3. The Kier molecular flexibility index (Phi) is 8.25. The number of benzene rings is 3. The number of methoxy groups -OCH3 is 1. The van der Waals surface area contributed by atoms with E-state index in [0.717, 1.165) is 28.0 Å². The first-order valence-electron chi connectivity index (χ1n) is 11.7. The minimum atomic E-state index is -0.439. The molecule has 4 aromatic rings. The maximum atomic E-state index is 12.8. The van der Waals surface area contributed by atoms with Crippen LogP contribution in [-0.4, -0.2) is 23.9 Å². The fourth-order valence-corrected chi connectivity index (χ4v) is 3.78. The number of rotatable bonds is 9. The summed E-state index contributed by atoms with van der Waals surface area (Å²) in [7, 11) is 1.47. The first-order valence-corrected chi connectivity index (χ1v) is 11.7. The quantitative estimate of drug-likeness (QED) is 0.201. The molecule has 0 aliphatic carbocycles. The number of ketones is 1. The number of aromatic nitrogens is 1. The maximum absolute atomic E-state index is 12.8. The van der Waals surface area contributed by atoms with Crippen LogP contribution in [0.1, 0.15) is 44.3 Å². The van der Waals surface area contributed by atoms with Crippen LogP contribution in [0.4, 0.5) is 0 Å². The largest absolute Gasteiger partial charge is 0.489 e. The molecule has 4 rings (SSSR count). The molecule has 184 valence electrons. The number of aliphatic imine (C=N–C) groups is 1. The number of hydrogen-bond donors (Lipinski definition) is 1. The van der Waals surface area contributed by atoms with Crippen molar-refractivity contribution in [2.45, 2.75) is 19.1 Å². The van der Waals surface area contributed by atoms with Crippen molar-refractivity contribution < 1.29 is 14.3 Å². The molecule has 0 fully saturated rings. The summed E-state index contributed by atoms with van der Waals surface area (Å²) in [6, 6.07) is 30.0. The van der Waals surface area contributed by atoms with Crippen molar-refractivity contribution in [1.29, 1.82) is 5.26 Å². The highest BCUT2D eigenvalue weighted by molar-refractivity contribution is 5.95. The first-order chi connectivity index (χ1) is 18.1. The van der Waals surface area contributed by atoms with Gasteiger partial charge < -0.3 is 15.2 Å². The number of carbonyl (C=O) groups is 1. The Morgan fingerprint density at radius 1 is 0.973 bits per heavy atom. The van der Waals surface area contributed by atoms with Gasteiger partial charge in [-0.15, -0.1) is 0 Å². The number of hydrogen-bond acceptors (Lipinski definition) is 6. The molecule has 1 heterocycles. The topological polar surface area (TPSA) is 111 Å². The average Bonchev–Trinajstić information content (AvgIpc) is 2.95. The second kappa shape index (κ2) is 12.1. The van der Waals surface area contributed by atoms with Gasteiger partial charge in [0, 0.05) is 12.6 Å². The molecule has 1 aromatic heterocycles. The number of carbonyl (C=O) groups excluding carboxylic acids is 1. The lowest BCUT2D eigenvalue weighted by Gasteiger charge is -2.16. The third-order valence-electron chi connectivity index (χ3n) is 5.72. The van der Waals surface area contributed by atoms with Gasteiger partial charge in [-0.05, 0) is 46.5 Å². The van der Waals surface area contributed by atoms with Crippen LogP contribution in [0.5, 0.6) is 5.75 Å². The van der Waals surface area contributed by atoms with Crippen LogP contribution in [0.25, 0.3) is 0 Å². The Labute approximate surface area is 215 Å². The third kappa shape index (κ3) is 6.80. The highest BCUT2D eigenvalue weighted by Gasteiger charge is 2.17. The molecule has 0 bridgehead atoms. The molecule has 1 atom stereocenters. The molecule has 0 saturated heterocycles. The van der Waals surface area contributed by atoms with Crippen molar-refractivity contribution >= 4 is 11.8 Å². The highest BCUT2D eigenvalue weighted by atomic mass is 16.5. The number of ether oxygens (including phenoxy) is 2. The highest BCUT2D eigenvalue weighted by Crippen LogP contribution is 2.29.